The summed E-state index contributed by atoms with van der Waals surface area (Å²) < 4.78 is 40.0. The molecule has 0 heterocycles. The fourth-order valence-electron chi connectivity index (χ4n) is 3.46. The van der Waals surface area contributed by atoms with E-state index in [9.17, 15) is 13.6 Å². The van der Waals surface area contributed by atoms with Crippen molar-refractivity contribution in [3.8, 4) is 22.6 Å². The first-order chi connectivity index (χ1) is 15.9. The number of rotatable bonds is 14. The molecule has 3 nitrogen and oxygen atoms in total. The third-order valence-corrected chi connectivity index (χ3v) is 6.28. The van der Waals surface area contributed by atoms with Crippen LogP contribution >= 0.6 is 11.6 Å². The summed E-state index contributed by atoms with van der Waals surface area (Å²) in [6.45, 7) is 6.32. The highest BCUT2D eigenvalue weighted by molar-refractivity contribution is 6.21. The summed E-state index contributed by atoms with van der Waals surface area (Å²) >= 11 is 6.29. The molecule has 0 aliphatic rings. The van der Waals surface area contributed by atoms with E-state index in [4.69, 9.17) is 21.1 Å². The molecule has 0 aromatic heterocycles. The van der Waals surface area contributed by atoms with E-state index in [-0.39, 0.29) is 16.7 Å². The summed E-state index contributed by atoms with van der Waals surface area (Å²) in [6.07, 6.45) is 7.96. The number of hydrogen-bond acceptors (Lipinski definition) is 3. The van der Waals surface area contributed by atoms with Crippen LogP contribution in [0.1, 0.15) is 72.1 Å². The number of carbonyl (C=O) groups is 1. The van der Waals surface area contributed by atoms with Gasteiger partial charge in [0.25, 0.3) is 0 Å². The molecule has 2 aromatic rings. The predicted octanol–water partition coefficient (Wildman–Crippen LogP) is 8.32. The second-order valence-electron chi connectivity index (χ2n) is 8.39. The van der Waals surface area contributed by atoms with Crippen molar-refractivity contribution in [2.45, 2.75) is 77.5 Å². The maximum Gasteiger partial charge on any atom is 0.315 e. The Hall–Kier alpha value is -2.14. The van der Waals surface area contributed by atoms with Gasteiger partial charge in [0.05, 0.1) is 12.5 Å². The Morgan fingerprint density at radius 2 is 1.58 bits per heavy atom. The van der Waals surface area contributed by atoms with Gasteiger partial charge in [0.1, 0.15) is 5.75 Å². The quantitative estimate of drug-likeness (QED) is 0.118. The topological polar surface area (TPSA) is 35.5 Å². The van der Waals surface area contributed by atoms with E-state index in [2.05, 4.69) is 13.8 Å². The predicted molar refractivity (Wildman–Crippen MR) is 130 cm³/mol. The normalized spacial score (nSPS) is 12.9. The van der Waals surface area contributed by atoms with Crippen molar-refractivity contribution in [2.75, 3.05) is 6.61 Å². The molecule has 0 N–H and O–H groups in total. The SMILES string of the molecule is CCCCCCCOc1ccc(-c2ccc(OC(=O)[C@@H](C)[C@@H](Cl)CCCC)cc2)c(F)c1F. The molecule has 6 heteroatoms. The molecular weight excluding hydrogens is 446 g/mol. The largest absolute Gasteiger partial charge is 0.490 e. The van der Waals surface area contributed by atoms with E-state index in [1.807, 2.05) is 0 Å². The second-order valence-corrected chi connectivity index (χ2v) is 8.95. The van der Waals surface area contributed by atoms with Gasteiger partial charge < -0.3 is 9.47 Å². The van der Waals surface area contributed by atoms with Crippen molar-refractivity contribution in [1.82, 2.24) is 0 Å². The van der Waals surface area contributed by atoms with Gasteiger partial charge in [-0.2, -0.15) is 4.39 Å². The number of esters is 1. The zero-order valence-corrected chi connectivity index (χ0v) is 20.6. The highest BCUT2D eigenvalue weighted by Crippen LogP contribution is 2.31. The van der Waals surface area contributed by atoms with Crippen molar-refractivity contribution in [3.63, 3.8) is 0 Å². The first kappa shape index (κ1) is 27.1. The average Bonchev–Trinajstić information content (AvgIpc) is 2.82. The van der Waals surface area contributed by atoms with E-state index in [0.29, 0.717) is 17.9 Å². The third-order valence-electron chi connectivity index (χ3n) is 5.68. The summed E-state index contributed by atoms with van der Waals surface area (Å²) in [5, 5.41) is -0.286. The van der Waals surface area contributed by atoms with Crippen molar-refractivity contribution in [2.24, 2.45) is 5.92 Å². The number of halogens is 3. The van der Waals surface area contributed by atoms with Crippen LogP contribution in [-0.4, -0.2) is 18.0 Å². The van der Waals surface area contributed by atoms with Gasteiger partial charge in [0.15, 0.2) is 11.6 Å². The van der Waals surface area contributed by atoms with E-state index < -0.39 is 23.5 Å². The molecule has 0 amide bonds. The Bertz CT molecular complexity index is 870. The van der Waals surface area contributed by atoms with Crippen molar-refractivity contribution in [3.05, 3.63) is 48.0 Å². The fraction of sp³-hybridized carbons (Fsp3) is 0.519. The minimum absolute atomic E-state index is 0.0787. The molecule has 2 aromatic carbocycles. The molecule has 0 unspecified atom stereocenters. The van der Waals surface area contributed by atoms with Crippen LogP contribution in [-0.2, 0) is 4.79 Å². The molecule has 0 radical (unpaired) electrons. The Morgan fingerprint density at radius 1 is 0.909 bits per heavy atom. The van der Waals surface area contributed by atoms with Gasteiger partial charge in [-0.3, -0.25) is 4.79 Å². The van der Waals surface area contributed by atoms with Crippen LogP contribution < -0.4 is 9.47 Å². The summed E-state index contributed by atoms with van der Waals surface area (Å²) in [5.41, 5.74) is 0.595. The summed E-state index contributed by atoms with van der Waals surface area (Å²) in [6, 6.07) is 9.26. The number of alkyl halides is 1. The first-order valence-corrected chi connectivity index (χ1v) is 12.4. The van der Waals surface area contributed by atoms with Crippen molar-refractivity contribution >= 4 is 17.6 Å². The third kappa shape index (κ3) is 8.29. The second kappa shape index (κ2) is 14.2. The van der Waals surface area contributed by atoms with Crippen molar-refractivity contribution in [1.29, 1.82) is 0 Å². The van der Waals surface area contributed by atoms with Crippen LogP contribution in [0.25, 0.3) is 11.1 Å². The van der Waals surface area contributed by atoms with Crippen LogP contribution in [0.5, 0.6) is 11.5 Å². The molecule has 33 heavy (non-hydrogen) atoms. The lowest BCUT2D eigenvalue weighted by Gasteiger charge is -2.16. The van der Waals surface area contributed by atoms with Crippen LogP contribution in [0.4, 0.5) is 8.78 Å². The Morgan fingerprint density at radius 3 is 2.24 bits per heavy atom. The molecule has 2 atom stereocenters. The lowest BCUT2D eigenvalue weighted by molar-refractivity contribution is -0.138. The average molecular weight is 481 g/mol. The van der Waals surface area contributed by atoms with E-state index in [1.54, 1.807) is 31.2 Å². The van der Waals surface area contributed by atoms with Crippen LogP contribution in [0.2, 0.25) is 0 Å². The highest BCUT2D eigenvalue weighted by Gasteiger charge is 2.24. The first-order valence-electron chi connectivity index (χ1n) is 12.0. The van der Waals surface area contributed by atoms with Gasteiger partial charge in [-0.1, -0.05) is 71.4 Å². The van der Waals surface area contributed by atoms with Gasteiger partial charge >= 0.3 is 5.97 Å². The number of hydrogen-bond donors (Lipinski definition) is 0. The Labute approximate surface area is 201 Å². The summed E-state index contributed by atoms with van der Waals surface area (Å²) in [5.74, 6) is -2.55. The van der Waals surface area contributed by atoms with Crippen LogP contribution in [0, 0.1) is 17.6 Å². The Balaban J connectivity index is 1.98. The van der Waals surface area contributed by atoms with Gasteiger partial charge in [-0.15, -0.1) is 11.6 Å². The minimum atomic E-state index is -0.995. The molecule has 0 aliphatic heterocycles. The highest BCUT2D eigenvalue weighted by atomic mass is 35.5. The Kier molecular flexibility index (Phi) is 11.7. The standard InChI is InChI=1S/C27H35ClF2O3/c1-4-6-8-9-10-18-32-24-17-16-22(25(29)26(24)30)20-12-14-21(15-13-20)33-27(31)19(3)23(28)11-7-5-2/h12-17,19,23H,4-11,18H2,1-3H3/t19-,23-/m0/s1. The molecule has 0 bridgehead atoms. The minimum Gasteiger partial charge on any atom is -0.490 e. The van der Waals surface area contributed by atoms with Gasteiger partial charge in [0.2, 0.25) is 5.82 Å². The van der Waals surface area contributed by atoms with Crippen LogP contribution in [0.15, 0.2) is 36.4 Å². The lowest BCUT2D eigenvalue weighted by Crippen LogP contribution is -2.25. The number of carbonyl (C=O) groups excluding carboxylic acids is 1. The molecule has 0 saturated carbocycles. The number of ether oxygens (including phenoxy) is 2. The maximum atomic E-state index is 14.7. The summed E-state index contributed by atoms with van der Waals surface area (Å²) in [4.78, 5) is 12.3. The number of unbranched alkanes of at least 4 members (excludes halogenated alkanes) is 5. The molecule has 0 aliphatic carbocycles. The molecule has 0 saturated heterocycles. The molecular formula is C27H35ClF2O3. The lowest BCUT2D eigenvalue weighted by atomic mass is 10.0. The zero-order valence-electron chi connectivity index (χ0n) is 19.8. The molecule has 2 rings (SSSR count). The van der Waals surface area contributed by atoms with Gasteiger partial charge in [-0.25, -0.2) is 4.39 Å². The molecule has 0 spiro atoms. The van der Waals surface area contributed by atoms with Crippen molar-refractivity contribution < 1.29 is 23.0 Å². The monoisotopic (exact) mass is 480 g/mol. The van der Waals surface area contributed by atoms with Crippen LogP contribution in [0.3, 0.4) is 0 Å². The molecule has 0 fully saturated rings. The summed E-state index contributed by atoms with van der Waals surface area (Å²) in [7, 11) is 0. The van der Waals surface area contributed by atoms with Gasteiger partial charge in [0, 0.05) is 10.9 Å². The fourth-order valence-corrected chi connectivity index (χ4v) is 3.72. The van der Waals surface area contributed by atoms with E-state index in [0.717, 1.165) is 44.9 Å². The maximum absolute atomic E-state index is 14.7. The zero-order chi connectivity index (χ0) is 24.2. The number of benzene rings is 2. The van der Waals surface area contributed by atoms with E-state index in [1.165, 1.54) is 18.6 Å². The van der Waals surface area contributed by atoms with Gasteiger partial charge in [-0.05, 0) is 42.7 Å². The molecule has 182 valence electrons. The smallest absolute Gasteiger partial charge is 0.315 e. The van der Waals surface area contributed by atoms with E-state index >= 15 is 0 Å².